The zero-order chi connectivity index (χ0) is 15.1. The van der Waals surface area contributed by atoms with Gasteiger partial charge in [0.2, 0.25) is 0 Å². The number of nitrogens with one attached hydrogen (secondary N) is 1. The number of phenols is 1. The van der Waals surface area contributed by atoms with Crippen LogP contribution in [0.2, 0.25) is 0 Å². The molecule has 0 saturated carbocycles. The van der Waals surface area contributed by atoms with Gasteiger partial charge in [-0.2, -0.15) is 0 Å². The zero-order valence-electron chi connectivity index (χ0n) is 11.9. The molecule has 0 atom stereocenters. The number of aryl methyl sites for hydroxylation is 1. The maximum absolute atomic E-state index is 9.36. The Balaban J connectivity index is 1.91. The second-order valence-corrected chi connectivity index (χ2v) is 5.07. The second-order valence-electron chi connectivity index (χ2n) is 5.07. The molecule has 2 aromatic carbocycles. The maximum Gasteiger partial charge on any atom is 0.196 e. The number of anilines is 2. The minimum atomic E-state index is 0.221. The number of hydrogen-bond acceptors (Lipinski definition) is 5. The minimum Gasteiger partial charge on any atom is -0.508 e. The summed E-state index contributed by atoms with van der Waals surface area (Å²) in [6, 6.07) is 14.6. The van der Waals surface area contributed by atoms with E-state index in [1.807, 2.05) is 31.2 Å². The highest BCUT2D eigenvalue weighted by atomic mass is 16.3. The molecule has 0 aliphatic carbocycles. The Morgan fingerprint density at radius 3 is 2.59 bits per heavy atom. The molecule has 5 nitrogen and oxygen atoms in total. The third-order valence-electron chi connectivity index (χ3n) is 3.46. The van der Waals surface area contributed by atoms with E-state index in [1.54, 1.807) is 24.3 Å². The molecule has 4 rings (SSSR count). The Morgan fingerprint density at radius 1 is 1.00 bits per heavy atom. The van der Waals surface area contributed by atoms with Crippen molar-refractivity contribution in [3.05, 3.63) is 54.4 Å². The predicted molar refractivity (Wildman–Crippen MR) is 85.4 cm³/mol. The average Bonchev–Trinajstić information content (AvgIpc) is 2.89. The van der Waals surface area contributed by atoms with E-state index in [4.69, 9.17) is 4.42 Å². The molecule has 22 heavy (non-hydrogen) atoms. The van der Waals surface area contributed by atoms with Crippen LogP contribution in [0.5, 0.6) is 5.75 Å². The van der Waals surface area contributed by atoms with Crippen molar-refractivity contribution < 1.29 is 9.52 Å². The van der Waals surface area contributed by atoms with Gasteiger partial charge in [-0.1, -0.05) is 12.1 Å². The van der Waals surface area contributed by atoms with Crippen LogP contribution in [0, 0.1) is 6.92 Å². The van der Waals surface area contributed by atoms with Crippen LogP contribution < -0.4 is 5.32 Å². The number of phenolic OH excluding ortho intramolecular Hbond substituents is 1. The summed E-state index contributed by atoms with van der Waals surface area (Å²) in [5.41, 5.74) is 3.02. The quantitative estimate of drug-likeness (QED) is 0.543. The van der Waals surface area contributed by atoms with Crippen LogP contribution in [-0.4, -0.2) is 15.1 Å². The molecule has 0 saturated heterocycles. The third kappa shape index (κ3) is 2.03. The fourth-order valence-electron chi connectivity index (χ4n) is 2.47. The highest BCUT2D eigenvalue weighted by Gasteiger charge is 2.14. The number of hydrogen-bond donors (Lipinski definition) is 2. The van der Waals surface area contributed by atoms with Gasteiger partial charge in [0.05, 0.1) is 0 Å². The topological polar surface area (TPSA) is 71.2 Å². The lowest BCUT2D eigenvalue weighted by Crippen LogP contribution is -1.97. The van der Waals surface area contributed by atoms with Gasteiger partial charge < -0.3 is 14.8 Å². The predicted octanol–water partition coefficient (Wildman–Crippen LogP) is 4.13. The lowest BCUT2D eigenvalue weighted by molar-refractivity contribution is 0.475. The van der Waals surface area contributed by atoms with E-state index in [1.165, 1.54) is 0 Å². The molecule has 5 heteroatoms. The largest absolute Gasteiger partial charge is 0.508 e. The van der Waals surface area contributed by atoms with Gasteiger partial charge in [0.1, 0.15) is 22.7 Å². The normalized spacial score (nSPS) is 11.1. The van der Waals surface area contributed by atoms with Gasteiger partial charge in [-0.05, 0) is 43.3 Å². The Labute approximate surface area is 126 Å². The van der Waals surface area contributed by atoms with Crippen molar-refractivity contribution in [1.82, 2.24) is 9.97 Å². The first-order chi connectivity index (χ1) is 10.7. The third-order valence-corrected chi connectivity index (χ3v) is 3.46. The van der Waals surface area contributed by atoms with Crippen molar-refractivity contribution >= 4 is 33.6 Å². The highest BCUT2D eigenvalue weighted by Crippen LogP contribution is 2.32. The maximum atomic E-state index is 9.36. The van der Waals surface area contributed by atoms with E-state index in [9.17, 15) is 5.11 Å². The van der Waals surface area contributed by atoms with Crippen LogP contribution >= 0.6 is 0 Å². The van der Waals surface area contributed by atoms with Crippen LogP contribution in [0.4, 0.5) is 11.5 Å². The number of fused-ring (bicyclic) bond motifs is 3. The van der Waals surface area contributed by atoms with Gasteiger partial charge in [0.15, 0.2) is 11.4 Å². The summed E-state index contributed by atoms with van der Waals surface area (Å²) in [7, 11) is 0. The molecule has 0 aliphatic heterocycles. The van der Waals surface area contributed by atoms with Gasteiger partial charge in [-0.15, -0.1) is 0 Å². The van der Waals surface area contributed by atoms with Crippen molar-refractivity contribution in [2.24, 2.45) is 0 Å². The number of benzene rings is 2. The van der Waals surface area contributed by atoms with Crippen LogP contribution in [0.25, 0.3) is 22.1 Å². The first-order valence-electron chi connectivity index (χ1n) is 6.92. The van der Waals surface area contributed by atoms with Crippen molar-refractivity contribution in [3.8, 4) is 5.75 Å². The van der Waals surface area contributed by atoms with E-state index in [2.05, 4.69) is 15.3 Å². The standard InChI is InChI=1S/C17H13N3O2/c1-10-18-15-13-4-2-3-5-14(13)22-16(15)17(19-10)20-11-6-8-12(21)9-7-11/h2-9,21H,1H3,(H,18,19,20). The Kier molecular flexibility index (Phi) is 2.72. The van der Waals surface area contributed by atoms with Crippen molar-refractivity contribution in [1.29, 1.82) is 0 Å². The molecule has 0 unspecified atom stereocenters. The fraction of sp³-hybridized carbons (Fsp3) is 0.0588. The molecule has 0 aliphatic rings. The van der Waals surface area contributed by atoms with Crippen LogP contribution in [0.15, 0.2) is 52.9 Å². The average molecular weight is 291 g/mol. The first kappa shape index (κ1) is 12.6. The van der Waals surface area contributed by atoms with Gasteiger partial charge >= 0.3 is 0 Å². The number of para-hydroxylation sites is 1. The van der Waals surface area contributed by atoms with E-state index in [-0.39, 0.29) is 5.75 Å². The van der Waals surface area contributed by atoms with Crippen molar-refractivity contribution in [3.63, 3.8) is 0 Å². The number of aromatic hydroxyl groups is 1. The van der Waals surface area contributed by atoms with E-state index in [0.717, 1.165) is 22.2 Å². The molecule has 0 amide bonds. The number of nitrogens with zero attached hydrogens (tertiary/aromatic N) is 2. The van der Waals surface area contributed by atoms with Crippen LogP contribution in [-0.2, 0) is 0 Å². The lowest BCUT2D eigenvalue weighted by Gasteiger charge is -2.06. The molecule has 0 radical (unpaired) electrons. The summed E-state index contributed by atoms with van der Waals surface area (Å²) >= 11 is 0. The molecule has 2 heterocycles. The van der Waals surface area contributed by atoms with E-state index >= 15 is 0 Å². The van der Waals surface area contributed by atoms with Crippen molar-refractivity contribution in [2.45, 2.75) is 6.92 Å². The summed E-state index contributed by atoms with van der Waals surface area (Å²) < 4.78 is 5.90. The molecule has 0 bridgehead atoms. The smallest absolute Gasteiger partial charge is 0.196 e. The van der Waals surface area contributed by atoms with Crippen LogP contribution in [0.3, 0.4) is 0 Å². The van der Waals surface area contributed by atoms with Gasteiger partial charge in [-0.25, -0.2) is 9.97 Å². The van der Waals surface area contributed by atoms with E-state index in [0.29, 0.717) is 17.2 Å². The number of furan rings is 1. The van der Waals surface area contributed by atoms with Gasteiger partial charge in [0.25, 0.3) is 0 Å². The highest BCUT2D eigenvalue weighted by molar-refractivity contribution is 6.06. The van der Waals surface area contributed by atoms with E-state index < -0.39 is 0 Å². The summed E-state index contributed by atoms with van der Waals surface area (Å²) in [4.78, 5) is 8.93. The zero-order valence-corrected chi connectivity index (χ0v) is 11.9. The fourth-order valence-corrected chi connectivity index (χ4v) is 2.47. The Bertz CT molecular complexity index is 974. The number of rotatable bonds is 2. The van der Waals surface area contributed by atoms with Gasteiger partial charge in [0, 0.05) is 11.1 Å². The lowest BCUT2D eigenvalue weighted by atomic mass is 10.2. The molecule has 0 fully saturated rings. The molecular formula is C17H13N3O2. The summed E-state index contributed by atoms with van der Waals surface area (Å²) in [6.45, 7) is 1.85. The minimum absolute atomic E-state index is 0.221. The number of aromatic nitrogens is 2. The molecular weight excluding hydrogens is 278 g/mol. The monoisotopic (exact) mass is 291 g/mol. The van der Waals surface area contributed by atoms with Crippen molar-refractivity contribution in [2.75, 3.05) is 5.32 Å². The SMILES string of the molecule is Cc1nc(Nc2ccc(O)cc2)c2oc3ccccc3c2n1. The molecule has 4 aromatic rings. The molecule has 2 aromatic heterocycles. The van der Waals surface area contributed by atoms with Crippen LogP contribution in [0.1, 0.15) is 5.82 Å². The summed E-state index contributed by atoms with van der Waals surface area (Å²) in [6.07, 6.45) is 0. The molecule has 0 spiro atoms. The molecule has 2 N–H and O–H groups in total. The first-order valence-corrected chi connectivity index (χ1v) is 6.92. The summed E-state index contributed by atoms with van der Waals surface area (Å²) in [5, 5.41) is 13.6. The van der Waals surface area contributed by atoms with Gasteiger partial charge in [-0.3, -0.25) is 0 Å². The Morgan fingerprint density at radius 2 is 1.77 bits per heavy atom. The summed E-state index contributed by atoms with van der Waals surface area (Å²) in [5.74, 6) is 1.50. The Hall–Kier alpha value is -3.08. The molecule has 108 valence electrons. The second kappa shape index (κ2) is 4.73.